The van der Waals surface area contributed by atoms with Gasteiger partial charge in [-0.15, -0.1) is 0 Å². The molecule has 1 atom stereocenters. The Hall–Kier alpha value is -1.74. The molecular formula is C14H18N2O. The van der Waals surface area contributed by atoms with Gasteiger partial charge in [0.25, 0.3) is 0 Å². The number of phenols is 1. The summed E-state index contributed by atoms with van der Waals surface area (Å²) in [4.78, 5) is 0. The third kappa shape index (κ3) is 2.50. The van der Waals surface area contributed by atoms with Crippen LogP contribution >= 0.6 is 0 Å². The van der Waals surface area contributed by atoms with Gasteiger partial charge in [0.05, 0.1) is 0 Å². The maximum absolute atomic E-state index is 9.56. The molecule has 0 saturated heterocycles. The lowest BCUT2D eigenvalue weighted by molar-refractivity contribution is 0.473. The molecule has 0 spiro atoms. The predicted molar refractivity (Wildman–Crippen MR) is 69.0 cm³/mol. The van der Waals surface area contributed by atoms with E-state index in [1.165, 1.54) is 5.69 Å². The number of benzene rings is 1. The highest BCUT2D eigenvalue weighted by Gasteiger charge is 2.16. The van der Waals surface area contributed by atoms with Crippen molar-refractivity contribution in [1.29, 1.82) is 0 Å². The third-order valence-electron chi connectivity index (χ3n) is 3.07. The van der Waals surface area contributed by atoms with E-state index in [-0.39, 0.29) is 5.92 Å². The zero-order chi connectivity index (χ0) is 12.3. The quantitative estimate of drug-likeness (QED) is 0.846. The molecule has 3 nitrogen and oxygen atoms in total. The second-order valence-corrected chi connectivity index (χ2v) is 4.27. The summed E-state index contributed by atoms with van der Waals surface area (Å²) < 4.78 is 2.10. The number of phenolic OH excluding ortho intramolecular Hbond substituents is 1. The minimum atomic E-state index is 0.243. The van der Waals surface area contributed by atoms with Crippen LogP contribution in [-0.2, 0) is 7.05 Å². The lowest BCUT2D eigenvalue weighted by Gasteiger charge is -2.18. The van der Waals surface area contributed by atoms with Crippen molar-refractivity contribution in [3.8, 4) is 5.75 Å². The van der Waals surface area contributed by atoms with E-state index in [9.17, 15) is 5.11 Å². The Kier molecular flexibility index (Phi) is 3.49. The van der Waals surface area contributed by atoms with Crippen LogP contribution in [-0.4, -0.2) is 16.2 Å². The van der Waals surface area contributed by atoms with Crippen molar-refractivity contribution in [2.75, 3.05) is 6.54 Å². The molecule has 0 fully saturated rings. The molecule has 1 aromatic heterocycles. The number of aryl methyl sites for hydroxylation is 1. The average molecular weight is 230 g/mol. The van der Waals surface area contributed by atoms with Gasteiger partial charge in [-0.1, -0.05) is 12.1 Å². The predicted octanol–water partition coefficient (Wildman–Crippen LogP) is 2.21. The van der Waals surface area contributed by atoms with Gasteiger partial charge in [-0.05, 0) is 42.8 Å². The van der Waals surface area contributed by atoms with Crippen molar-refractivity contribution in [2.24, 2.45) is 12.8 Å². The summed E-state index contributed by atoms with van der Waals surface area (Å²) >= 11 is 0. The number of hydrogen-bond donors (Lipinski definition) is 2. The minimum Gasteiger partial charge on any atom is -0.508 e. The molecule has 0 bridgehead atoms. The van der Waals surface area contributed by atoms with Crippen LogP contribution in [0.1, 0.15) is 23.6 Å². The van der Waals surface area contributed by atoms with Gasteiger partial charge >= 0.3 is 0 Å². The largest absolute Gasteiger partial charge is 0.508 e. The first-order chi connectivity index (χ1) is 8.22. The number of nitrogens with zero attached hydrogens (tertiary/aromatic N) is 1. The van der Waals surface area contributed by atoms with Crippen LogP contribution < -0.4 is 5.73 Å². The molecule has 0 aliphatic heterocycles. The maximum atomic E-state index is 9.56. The normalized spacial score (nSPS) is 12.6. The van der Waals surface area contributed by atoms with Gasteiger partial charge in [0.15, 0.2) is 0 Å². The van der Waals surface area contributed by atoms with Gasteiger partial charge in [-0.25, -0.2) is 0 Å². The Morgan fingerprint density at radius 1 is 1.29 bits per heavy atom. The zero-order valence-electron chi connectivity index (χ0n) is 10.0. The maximum Gasteiger partial charge on any atom is 0.115 e. The van der Waals surface area contributed by atoms with Crippen LogP contribution in [0.3, 0.4) is 0 Å². The van der Waals surface area contributed by atoms with Gasteiger partial charge in [0.2, 0.25) is 0 Å². The van der Waals surface area contributed by atoms with Crippen molar-refractivity contribution < 1.29 is 5.11 Å². The molecule has 0 aliphatic carbocycles. The molecular weight excluding hydrogens is 212 g/mol. The van der Waals surface area contributed by atoms with Crippen LogP contribution in [0, 0.1) is 0 Å². The van der Waals surface area contributed by atoms with Gasteiger partial charge in [-0.2, -0.15) is 0 Å². The van der Waals surface area contributed by atoms with E-state index < -0.39 is 0 Å². The van der Waals surface area contributed by atoms with E-state index in [1.807, 2.05) is 37.5 Å². The van der Waals surface area contributed by atoms with Crippen molar-refractivity contribution in [3.63, 3.8) is 0 Å². The Morgan fingerprint density at radius 3 is 2.71 bits per heavy atom. The number of aromatic hydroxyl groups is 1. The molecule has 0 amide bonds. The third-order valence-corrected chi connectivity index (χ3v) is 3.07. The molecule has 0 radical (unpaired) electrons. The Balaban J connectivity index is 2.39. The monoisotopic (exact) mass is 230 g/mol. The van der Waals surface area contributed by atoms with Gasteiger partial charge in [0.1, 0.15) is 5.75 Å². The lowest BCUT2D eigenvalue weighted by atomic mass is 9.92. The summed E-state index contributed by atoms with van der Waals surface area (Å²) in [5, 5.41) is 9.56. The summed E-state index contributed by atoms with van der Waals surface area (Å²) in [7, 11) is 2.03. The first kappa shape index (κ1) is 11.7. The minimum absolute atomic E-state index is 0.243. The lowest BCUT2D eigenvalue weighted by Crippen LogP contribution is -2.11. The number of nitrogens with two attached hydrogens (primary N) is 1. The van der Waals surface area contributed by atoms with Crippen molar-refractivity contribution in [1.82, 2.24) is 4.57 Å². The molecule has 0 aliphatic rings. The molecule has 3 heteroatoms. The fraction of sp³-hybridized carbons (Fsp3) is 0.286. The van der Waals surface area contributed by atoms with Crippen molar-refractivity contribution >= 4 is 0 Å². The Labute approximate surface area is 102 Å². The van der Waals surface area contributed by atoms with E-state index in [1.54, 1.807) is 6.07 Å². The highest BCUT2D eigenvalue weighted by Crippen LogP contribution is 2.29. The zero-order valence-corrected chi connectivity index (χ0v) is 10.0. The first-order valence-electron chi connectivity index (χ1n) is 5.82. The highest BCUT2D eigenvalue weighted by atomic mass is 16.3. The van der Waals surface area contributed by atoms with Crippen LogP contribution in [0.5, 0.6) is 5.75 Å². The number of aromatic nitrogens is 1. The molecule has 1 heterocycles. The molecule has 2 rings (SSSR count). The van der Waals surface area contributed by atoms with Crippen LogP contribution in [0.15, 0.2) is 42.6 Å². The topological polar surface area (TPSA) is 51.2 Å². The van der Waals surface area contributed by atoms with Gasteiger partial charge < -0.3 is 15.4 Å². The van der Waals surface area contributed by atoms with Crippen molar-refractivity contribution in [2.45, 2.75) is 12.3 Å². The van der Waals surface area contributed by atoms with Crippen LogP contribution in [0.4, 0.5) is 0 Å². The van der Waals surface area contributed by atoms with E-state index >= 15 is 0 Å². The number of rotatable bonds is 4. The Bertz CT molecular complexity index is 490. The first-order valence-corrected chi connectivity index (χ1v) is 5.82. The summed E-state index contributed by atoms with van der Waals surface area (Å²) in [6, 6.07) is 11.5. The SMILES string of the molecule is Cn1cccc1C(CCN)c1cccc(O)c1. The fourth-order valence-corrected chi connectivity index (χ4v) is 2.23. The summed E-state index contributed by atoms with van der Waals surface area (Å²) in [6.07, 6.45) is 2.91. The molecule has 0 saturated carbocycles. The Morgan fingerprint density at radius 2 is 2.12 bits per heavy atom. The second-order valence-electron chi connectivity index (χ2n) is 4.27. The average Bonchev–Trinajstić information content (AvgIpc) is 2.72. The summed E-state index contributed by atoms with van der Waals surface area (Å²) in [5.41, 5.74) is 8.02. The summed E-state index contributed by atoms with van der Waals surface area (Å²) in [6.45, 7) is 0.630. The smallest absolute Gasteiger partial charge is 0.115 e. The standard InChI is InChI=1S/C14H18N2O/c1-16-9-3-6-14(16)13(7-8-15)11-4-2-5-12(17)10-11/h2-6,9-10,13,17H,7-8,15H2,1H3. The number of hydrogen-bond acceptors (Lipinski definition) is 2. The van der Waals surface area contributed by atoms with Crippen LogP contribution in [0.25, 0.3) is 0 Å². The molecule has 90 valence electrons. The molecule has 1 aromatic carbocycles. The van der Waals surface area contributed by atoms with E-state index in [4.69, 9.17) is 5.73 Å². The van der Waals surface area contributed by atoms with E-state index in [2.05, 4.69) is 10.6 Å². The molecule has 3 N–H and O–H groups in total. The molecule has 1 unspecified atom stereocenters. The molecule has 2 aromatic rings. The van der Waals surface area contributed by atoms with Crippen LogP contribution in [0.2, 0.25) is 0 Å². The van der Waals surface area contributed by atoms with Gasteiger partial charge in [-0.3, -0.25) is 0 Å². The second kappa shape index (κ2) is 5.06. The fourth-order valence-electron chi connectivity index (χ4n) is 2.23. The summed E-state index contributed by atoms with van der Waals surface area (Å²) in [5.74, 6) is 0.547. The van der Waals surface area contributed by atoms with Crippen molar-refractivity contribution in [3.05, 3.63) is 53.9 Å². The highest BCUT2D eigenvalue weighted by molar-refractivity contribution is 5.34. The van der Waals surface area contributed by atoms with E-state index in [0.29, 0.717) is 12.3 Å². The van der Waals surface area contributed by atoms with E-state index in [0.717, 1.165) is 12.0 Å². The van der Waals surface area contributed by atoms with Gasteiger partial charge in [0, 0.05) is 24.9 Å². The molecule has 17 heavy (non-hydrogen) atoms.